The molecule has 1 heterocycles. The predicted octanol–water partition coefficient (Wildman–Crippen LogP) is 1.60. The number of hydrogen-bond donors (Lipinski definition) is 3. The summed E-state index contributed by atoms with van der Waals surface area (Å²) >= 11 is 4.87. The number of nitrogens with two attached hydrogens (primary N) is 1. The fraction of sp³-hybridized carbons (Fsp3) is 0.0833. The number of amides is 1. The Morgan fingerprint density at radius 1 is 1.39 bits per heavy atom. The van der Waals surface area contributed by atoms with E-state index in [4.69, 9.17) is 18.0 Å². The molecule has 0 bridgehead atoms. The van der Waals surface area contributed by atoms with E-state index in [9.17, 15) is 4.79 Å². The fourth-order valence-corrected chi connectivity index (χ4v) is 1.73. The SMILES string of the molecule is Cc1ccccc1C(=O)Nc1[nH]ncc1C(N)=S. The third-order valence-corrected chi connectivity index (χ3v) is 2.75. The molecule has 5 nitrogen and oxygen atoms in total. The number of rotatable bonds is 3. The zero-order valence-corrected chi connectivity index (χ0v) is 10.5. The van der Waals surface area contributed by atoms with Crippen LogP contribution in [0.25, 0.3) is 0 Å². The van der Waals surface area contributed by atoms with E-state index in [1.165, 1.54) is 6.20 Å². The molecular formula is C12H12N4OS. The number of benzene rings is 1. The molecule has 2 aromatic rings. The lowest BCUT2D eigenvalue weighted by Gasteiger charge is -2.07. The zero-order valence-electron chi connectivity index (χ0n) is 9.73. The number of nitrogens with zero attached hydrogens (tertiary/aromatic N) is 1. The number of anilines is 1. The predicted molar refractivity (Wildman–Crippen MR) is 73.6 cm³/mol. The minimum Gasteiger partial charge on any atom is -0.389 e. The highest BCUT2D eigenvalue weighted by Gasteiger charge is 2.13. The number of carbonyl (C=O) groups is 1. The maximum Gasteiger partial charge on any atom is 0.257 e. The lowest BCUT2D eigenvalue weighted by molar-refractivity contribution is 0.102. The zero-order chi connectivity index (χ0) is 13.1. The highest BCUT2D eigenvalue weighted by molar-refractivity contribution is 7.80. The monoisotopic (exact) mass is 260 g/mol. The molecule has 2 rings (SSSR count). The summed E-state index contributed by atoms with van der Waals surface area (Å²) in [6.07, 6.45) is 1.48. The van der Waals surface area contributed by atoms with Crippen LogP contribution in [0.3, 0.4) is 0 Å². The van der Waals surface area contributed by atoms with Gasteiger partial charge in [0.1, 0.15) is 10.8 Å². The molecule has 18 heavy (non-hydrogen) atoms. The van der Waals surface area contributed by atoms with Crippen LogP contribution in [0.1, 0.15) is 21.5 Å². The van der Waals surface area contributed by atoms with E-state index in [1.807, 2.05) is 25.1 Å². The van der Waals surface area contributed by atoms with E-state index in [0.717, 1.165) is 5.56 Å². The molecule has 0 saturated carbocycles. The van der Waals surface area contributed by atoms with Crippen molar-refractivity contribution in [1.29, 1.82) is 0 Å². The third-order valence-electron chi connectivity index (χ3n) is 2.53. The van der Waals surface area contributed by atoms with Gasteiger partial charge in [0.25, 0.3) is 5.91 Å². The summed E-state index contributed by atoms with van der Waals surface area (Å²) in [5.74, 6) is 0.186. The summed E-state index contributed by atoms with van der Waals surface area (Å²) in [6.45, 7) is 1.87. The van der Waals surface area contributed by atoms with Crippen LogP contribution >= 0.6 is 12.2 Å². The largest absolute Gasteiger partial charge is 0.389 e. The van der Waals surface area contributed by atoms with E-state index in [2.05, 4.69) is 15.5 Å². The molecule has 6 heteroatoms. The standard InChI is InChI=1S/C12H12N4OS/c1-7-4-2-3-5-8(7)12(17)15-11-9(10(13)18)6-14-16-11/h2-6H,1H3,(H2,13,18)(H2,14,15,16,17). The van der Waals surface area contributed by atoms with Crippen molar-refractivity contribution in [2.75, 3.05) is 5.32 Å². The Labute approximate surface area is 109 Å². The van der Waals surface area contributed by atoms with Crippen LogP contribution in [0.4, 0.5) is 5.82 Å². The first-order valence-corrected chi connectivity index (χ1v) is 5.70. The Kier molecular flexibility index (Phi) is 3.38. The van der Waals surface area contributed by atoms with Gasteiger partial charge < -0.3 is 11.1 Å². The lowest BCUT2D eigenvalue weighted by Crippen LogP contribution is -2.17. The van der Waals surface area contributed by atoms with Gasteiger partial charge in [-0.2, -0.15) is 5.10 Å². The molecule has 0 aliphatic heterocycles. The normalized spacial score (nSPS) is 10.1. The molecule has 0 spiro atoms. The van der Waals surface area contributed by atoms with Crippen molar-refractivity contribution in [3.05, 3.63) is 47.2 Å². The van der Waals surface area contributed by atoms with E-state index in [-0.39, 0.29) is 10.9 Å². The number of aromatic amines is 1. The van der Waals surface area contributed by atoms with Gasteiger partial charge in [0, 0.05) is 5.56 Å². The van der Waals surface area contributed by atoms with Crippen LogP contribution in [-0.2, 0) is 0 Å². The number of thiocarbonyl (C=S) groups is 1. The number of H-pyrrole nitrogens is 1. The second-order valence-corrected chi connectivity index (χ2v) is 4.23. The summed E-state index contributed by atoms with van der Waals surface area (Å²) in [6, 6.07) is 7.31. The molecule has 92 valence electrons. The van der Waals surface area contributed by atoms with Crippen molar-refractivity contribution in [3.63, 3.8) is 0 Å². The summed E-state index contributed by atoms with van der Waals surface area (Å²) < 4.78 is 0. The summed E-state index contributed by atoms with van der Waals surface area (Å²) in [4.78, 5) is 12.2. The van der Waals surface area contributed by atoms with Gasteiger partial charge in [-0.15, -0.1) is 0 Å². The molecule has 0 aliphatic carbocycles. The van der Waals surface area contributed by atoms with Gasteiger partial charge >= 0.3 is 0 Å². The van der Waals surface area contributed by atoms with E-state index < -0.39 is 0 Å². The number of nitrogens with one attached hydrogen (secondary N) is 2. The summed E-state index contributed by atoms with van der Waals surface area (Å²) in [5.41, 5.74) is 7.54. The minimum absolute atomic E-state index is 0.184. The minimum atomic E-state index is -0.227. The quantitative estimate of drug-likeness (QED) is 0.732. The Morgan fingerprint density at radius 3 is 2.78 bits per heavy atom. The molecule has 0 radical (unpaired) electrons. The Balaban J connectivity index is 2.25. The van der Waals surface area contributed by atoms with Crippen molar-refractivity contribution < 1.29 is 4.79 Å². The Morgan fingerprint density at radius 2 is 2.11 bits per heavy atom. The summed E-state index contributed by atoms with van der Waals surface area (Å²) in [7, 11) is 0. The van der Waals surface area contributed by atoms with Crippen LogP contribution in [0.2, 0.25) is 0 Å². The van der Waals surface area contributed by atoms with Crippen molar-refractivity contribution >= 4 is 28.9 Å². The number of aromatic nitrogens is 2. The maximum absolute atomic E-state index is 12.1. The van der Waals surface area contributed by atoms with Crippen LogP contribution in [-0.4, -0.2) is 21.1 Å². The highest BCUT2D eigenvalue weighted by atomic mass is 32.1. The molecule has 0 saturated heterocycles. The first kappa shape index (κ1) is 12.3. The van der Waals surface area contributed by atoms with Crippen molar-refractivity contribution in [3.8, 4) is 0 Å². The van der Waals surface area contributed by atoms with Gasteiger partial charge in [-0.25, -0.2) is 0 Å². The lowest BCUT2D eigenvalue weighted by atomic mass is 10.1. The number of hydrogen-bond acceptors (Lipinski definition) is 3. The first-order chi connectivity index (χ1) is 8.59. The molecule has 1 aromatic heterocycles. The smallest absolute Gasteiger partial charge is 0.257 e. The van der Waals surface area contributed by atoms with Crippen molar-refractivity contribution in [1.82, 2.24) is 10.2 Å². The van der Waals surface area contributed by atoms with Crippen molar-refractivity contribution in [2.45, 2.75) is 6.92 Å². The fourth-order valence-electron chi connectivity index (χ4n) is 1.58. The van der Waals surface area contributed by atoms with Gasteiger partial charge in [-0.3, -0.25) is 9.89 Å². The van der Waals surface area contributed by atoms with E-state index in [0.29, 0.717) is 16.9 Å². The average molecular weight is 260 g/mol. The topological polar surface area (TPSA) is 83.8 Å². The van der Waals surface area contributed by atoms with Gasteiger partial charge in [0.15, 0.2) is 0 Å². The average Bonchev–Trinajstić information content (AvgIpc) is 2.77. The summed E-state index contributed by atoms with van der Waals surface area (Å²) in [5, 5.41) is 9.17. The number of carbonyl (C=O) groups excluding carboxylic acids is 1. The van der Waals surface area contributed by atoms with Gasteiger partial charge in [-0.1, -0.05) is 30.4 Å². The molecule has 0 unspecified atom stereocenters. The van der Waals surface area contributed by atoms with Crippen LogP contribution in [0.15, 0.2) is 30.5 Å². The van der Waals surface area contributed by atoms with Crippen LogP contribution in [0, 0.1) is 6.92 Å². The van der Waals surface area contributed by atoms with E-state index >= 15 is 0 Å². The molecule has 1 amide bonds. The second-order valence-electron chi connectivity index (χ2n) is 3.79. The molecule has 0 atom stereocenters. The van der Waals surface area contributed by atoms with Gasteiger partial charge in [0.05, 0.1) is 11.8 Å². The van der Waals surface area contributed by atoms with Crippen LogP contribution < -0.4 is 11.1 Å². The molecular weight excluding hydrogens is 248 g/mol. The molecule has 4 N–H and O–H groups in total. The second kappa shape index (κ2) is 4.97. The van der Waals surface area contributed by atoms with Crippen molar-refractivity contribution in [2.24, 2.45) is 5.73 Å². The van der Waals surface area contributed by atoms with E-state index in [1.54, 1.807) is 6.07 Å². The van der Waals surface area contributed by atoms with Gasteiger partial charge in [-0.05, 0) is 18.6 Å². The Bertz CT molecular complexity index is 606. The third kappa shape index (κ3) is 2.38. The molecule has 0 fully saturated rings. The first-order valence-electron chi connectivity index (χ1n) is 5.29. The highest BCUT2D eigenvalue weighted by Crippen LogP contribution is 2.14. The Hall–Kier alpha value is -2.21. The number of aryl methyl sites for hydroxylation is 1. The van der Waals surface area contributed by atoms with Gasteiger partial charge in [0.2, 0.25) is 0 Å². The molecule has 1 aromatic carbocycles. The molecule has 0 aliphatic rings. The maximum atomic E-state index is 12.1. The van der Waals surface area contributed by atoms with Crippen LogP contribution in [0.5, 0.6) is 0 Å².